The molecule has 2 aromatic heterocycles. The number of hydrogen-bond acceptors (Lipinski definition) is 13. The first-order valence-corrected chi connectivity index (χ1v) is 14.9. The average Bonchev–Trinajstić information content (AvgIpc) is 3.20. The monoisotopic (exact) mass is 615 g/mol. The van der Waals surface area contributed by atoms with Gasteiger partial charge in [0.05, 0.1) is 17.7 Å². The van der Waals surface area contributed by atoms with Crippen LogP contribution in [0.15, 0.2) is 18.6 Å². The highest BCUT2D eigenvalue weighted by Gasteiger charge is 2.54. The zero-order valence-corrected chi connectivity index (χ0v) is 22.0. The van der Waals surface area contributed by atoms with Crippen LogP contribution in [0.5, 0.6) is 0 Å². The van der Waals surface area contributed by atoms with E-state index < -0.39 is 60.0 Å². The van der Waals surface area contributed by atoms with E-state index in [1.165, 1.54) is 10.8 Å². The van der Waals surface area contributed by atoms with Crippen LogP contribution in [0.4, 0.5) is 5.82 Å². The molecule has 2 unspecified atom stereocenters. The topological polar surface area (TPSA) is 298 Å². The van der Waals surface area contributed by atoms with E-state index in [1.807, 2.05) is 0 Å². The van der Waals surface area contributed by atoms with Crippen LogP contribution in [0.1, 0.15) is 18.7 Å². The van der Waals surface area contributed by atoms with Crippen LogP contribution in [-0.4, -0.2) is 81.1 Å². The second-order valence-electron chi connectivity index (χ2n) is 8.26. The number of nitrogens with zero attached hydrogens (tertiary/aromatic N) is 3. The van der Waals surface area contributed by atoms with Crippen molar-refractivity contribution in [2.45, 2.75) is 31.0 Å². The molecule has 2 aliphatic rings. The Morgan fingerprint density at radius 3 is 2.54 bits per heavy atom. The Morgan fingerprint density at radius 1 is 1.21 bits per heavy atom. The maximum atomic E-state index is 12.2. The smallest absolute Gasteiger partial charge is 0.387 e. The molecule has 0 aliphatic carbocycles. The van der Waals surface area contributed by atoms with Crippen LogP contribution in [0.2, 0.25) is 0 Å². The molecule has 214 valence electrons. The third-order valence-corrected chi connectivity index (χ3v) is 9.26. The Labute approximate surface area is 216 Å². The summed E-state index contributed by atoms with van der Waals surface area (Å²) in [6.07, 6.45) is -1.08. The molecule has 8 N–H and O–H groups in total. The van der Waals surface area contributed by atoms with E-state index in [9.17, 15) is 43.3 Å². The molecule has 0 radical (unpaired) electrons. The summed E-state index contributed by atoms with van der Waals surface area (Å²) >= 11 is 0. The molecular formula is C16H20N5O15P3. The van der Waals surface area contributed by atoms with E-state index in [0.717, 1.165) is 19.3 Å². The maximum absolute atomic E-state index is 12.2. The first-order chi connectivity index (χ1) is 17.9. The summed E-state index contributed by atoms with van der Waals surface area (Å²) in [6, 6.07) is 0. The van der Waals surface area contributed by atoms with Gasteiger partial charge in [0.15, 0.2) is 6.23 Å². The summed E-state index contributed by atoms with van der Waals surface area (Å²) in [7, 11) is -16.9. The number of aliphatic hydroxyl groups is 2. The number of ether oxygens (including phenoxy) is 1. The lowest BCUT2D eigenvalue weighted by Crippen LogP contribution is -2.44. The number of hydrogen-bond donors (Lipinski definition) is 8. The molecule has 39 heavy (non-hydrogen) atoms. The van der Waals surface area contributed by atoms with Crippen LogP contribution in [-0.2, 0) is 41.2 Å². The zero-order chi connectivity index (χ0) is 29.0. The van der Waals surface area contributed by atoms with Gasteiger partial charge in [-0.05, 0) is 6.92 Å². The molecule has 20 nitrogen and oxygen atoms in total. The highest BCUT2D eigenvalue weighted by atomic mass is 31.3. The molecule has 0 spiro atoms. The molecule has 6 atom stereocenters. The number of amides is 2. The van der Waals surface area contributed by atoms with Crippen molar-refractivity contribution in [3.8, 4) is 0 Å². The van der Waals surface area contributed by atoms with Gasteiger partial charge in [-0.2, -0.15) is 8.62 Å². The number of phosphoric ester groups is 1. The molecule has 1 fully saturated rings. The van der Waals surface area contributed by atoms with Gasteiger partial charge in [-0.15, -0.1) is 0 Å². The zero-order valence-electron chi connectivity index (χ0n) is 19.3. The number of anilines is 1. The second kappa shape index (κ2) is 10.2. The van der Waals surface area contributed by atoms with Gasteiger partial charge in [-0.3, -0.25) is 14.1 Å². The fourth-order valence-corrected chi connectivity index (χ4v) is 6.99. The van der Waals surface area contributed by atoms with Crippen molar-refractivity contribution in [2.24, 2.45) is 0 Å². The largest absolute Gasteiger partial charge is 0.490 e. The molecule has 0 saturated carbocycles. The minimum Gasteiger partial charge on any atom is -0.387 e. The first-order valence-electron chi connectivity index (χ1n) is 10.4. The van der Waals surface area contributed by atoms with Crippen molar-refractivity contribution in [1.29, 1.82) is 0 Å². The number of carbonyl (C=O) groups is 2. The summed E-state index contributed by atoms with van der Waals surface area (Å²) < 4.78 is 53.0. The van der Waals surface area contributed by atoms with Gasteiger partial charge in [0.25, 0.3) is 5.91 Å². The van der Waals surface area contributed by atoms with Gasteiger partial charge in [-0.1, -0.05) is 0 Å². The lowest BCUT2D eigenvalue weighted by molar-refractivity contribution is -0.111. The van der Waals surface area contributed by atoms with Crippen molar-refractivity contribution < 1.29 is 71.0 Å². The van der Waals surface area contributed by atoms with Crippen LogP contribution < -0.4 is 10.6 Å². The van der Waals surface area contributed by atoms with Crippen molar-refractivity contribution in [2.75, 3.05) is 11.9 Å². The van der Waals surface area contributed by atoms with E-state index in [1.54, 1.807) is 0 Å². The number of aliphatic hydroxyl groups excluding tert-OH is 1. The van der Waals surface area contributed by atoms with E-state index >= 15 is 0 Å². The lowest BCUT2D eigenvalue weighted by atomic mass is 9.96. The molecule has 2 aliphatic heterocycles. The Morgan fingerprint density at radius 2 is 1.90 bits per heavy atom. The summed E-state index contributed by atoms with van der Waals surface area (Å²) in [5, 5.41) is 26.9. The van der Waals surface area contributed by atoms with Gasteiger partial charge in [0, 0.05) is 17.8 Å². The maximum Gasteiger partial charge on any atom is 0.490 e. The fourth-order valence-electron chi connectivity index (χ4n) is 3.96. The van der Waals surface area contributed by atoms with Crippen molar-refractivity contribution in [1.82, 2.24) is 19.9 Å². The Hall–Kier alpha value is -2.41. The standard InChI is InChI=1S/C16H20N5O15P3/c1-16(25)12(24)9(4-33-38(29,30)36-39(31,32)35-37(26,27)28)34-15(16)21-3-7-8(19-6-22)2-10(23)20-13-11(7)14(21)18-5-17-13/h2-3,5-6,9,12,15,24-25H,4H2,1H3,(H,19,22)(H,29,30)(H,31,32)(H2,26,27,28)(H,17,18,20,23)/t9-,12-,15-,16-/m1/s1. The van der Waals surface area contributed by atoms with Gasteiger partial charge in [0.2, 0.25) is 6.41 Å². The molecule has 4 rings (SSSR count). The van der Waals surface area contributed by atoms with E-state index in [2.05, 4.69) is 33.7 Å². The minimum atomic E-state index is -5.78. The molecule has 4 heterocycles. The minimum absolute atomic E-state index is 0.0437. The fraction of sp³-hybridized carbons (Fsp3) is 0.375. The second-order valence-corrected chi connectivity index (χ2v) is 12.7. The highest BCUT2D eigenvalue weighted by molar-refractivity contribution is 7.66. The Balaban J connectivity index is 1.61. The average molecular weight is 615 g/mol. The highest BCUT2D eigenvalue weighted by Crippen LogP contribution is 2.66. The molecule has 0 aromatic carbocycles. The third-order valence-electron chi connectivity index (χ3n) is 5.46. The SMILES string of the molecule is C[C@@]1(O)[C@H](O)[C@@H](COP(=O)(O)OP(=O)(O)OP(=O)(O)O)O[C@H]1n1cc2c3c(ncnc31)NC(=O)C=C2NC=O. The molecule has 23 heteroatoms. The van der Waals surface area contributed by atoms with E-state index in [0.29, 0.717) is 6.41 Å². The molecule has 0 bridgehead atoms. The normalized spacial score (nSPS) is 28.2. The van der Waals surface area contributed by atoms with Crippen molar-refractivity contribution in [3.63, 3.8) is 0 Å². The molecule has 2 amide bonds. The van der Waals surface area contributed by atoms with Gasteiger partial charge in [0.1, 0.15) is 35.6 Å². The quantitative estimate of drug-likeness (QED) is 0.115. The van der Waals surface area contributed by atoms with E-state index in [4.69, 9.17) is 14.5 Å². The van der Waals surface area contributed by atoms with Gasteiger partial charge < -0.3 is 49.7 Å². The third kappa shape index (κ3) is 6.18. The number of rotatable bonds is 10. The summed E-state index contributed by atoms with van der Waals surface area (Å²) in [5.41, 5.74) is -1.80. The Bertz CT molecular complexity index is 1500. The number of nitrogens with one attached hydrogen (secondary N) is 2. The molecule has 1 saturated heterocycles. The number of aromatic nitrogens is 3. The van der Waals surface area contributed by atoms with Gasteiger partial charge in [-0.25, -0.2) is 23.7 Å². The number of carbonyl (C=O) groups excluding carboxylic acids is 2. The van der Waals surface area contributed by atoms with E-state index in [-0.39, 0.29) is 28.1 Å². The van der Waals surface area contributed by atoms with Gasteiger partial charge >= 0.3 is 23.5 Å². The predicted octanol–water partition coefficient (Wildman–Crippen LogP) is -1.18. The van der Waals surface area contributed by atoms with Crippen LogP contribution in [0, 0.1) is 0 Å². The van der Waals surface area contributed by atoms with Crippen molar-refractivity contribution >= 4 is 58.3 Å². The summed E-state index contributed by atoms with van der Waals surface area (Å²) in [5.74, 6) is -0.548. The van der Waals surface area contributed by atoms with Crippen LogP contribution >= 0.6 is 23.5 Å². The Kier molecular flexibility index (Phi) is 7.74. The molecular weight excluding hydrogens is 595 g/mol. The number of phosphoric acid groups is 3. The summed E-state index contributed by atoms with van der Waals surface area (Å²) in [6.45, 7) is 0.104. The van der Waals surface area contributed by atoms with Crippen LogP contribution in [0.3, 0.4) is 0 Å². The van der Waals surface area contributed by atoms with Crippen LogP contribution in [0.25, 0.3) is 16.7 Å². The lowest BCUT2D eigenvalue weighted by Gasteiger charge is -2.27. The predicted molar refractivity (Wildman–Crippen MR) is 124 cm³/mol. The summed E-state index contributed by atoms with van der Waals surface area (Å²) in [4.78, 5) is 67.6. The first kappa shape index (κ1) is 29.6. The molecule has 2 aromatic rings. The van der Waals surface area contributed by atoms with Crippen molar-refractivity contribution in [3.05, 3.63) is 24.2 Å².